The molecule has 1 atom stereocenters. The van der Waals surface area contributed by atoms with Crippen molar-refractivity contribution >= 4 is 17.7 Å². The quantitative estimate of drug-likeness (QED) is 0.864. The Balaban J connectivity index is 2.23. The number of amides is 2. The number of urea groups is 1. The van der Waals surface area contributed by atoms with E-state index in [1.165, 1.54) is 11.9 Å². The first-order valence-corrected chi connectivity index (χ1v) is 5.84. The zero-order valence-corrected chi connectivity index (χ0v) is 10.5. The lowest BCUT2D eigenvalue weighted by atomic mass is 10.1. The second-order valence-corrected chi connectivity index (χ2v) is 4.58. The summed E-state index contributed by atoms with van der Waals surface area (Å²) in [6.07, 6.45) is 0.808. The first-order valence-electron chi connectivity index (χ1n) is 5.84. The molecule has 5 heteroatoms. The van der Waals surface area contributed by atoms with Crippen LogP contribution >= 0.6 is 0 Å². The van der Waals surface area contributed by atoms with E-state index in [0.29, 0.717) is 0 Å². The van der Waals surface area contributed by atoms with Gasteiger partial charge in [-0.2, -0.15) is 0 Å². The van der Waals surface area contributed by atoms with E-state index in [0.717, 1.165) is 17.7 Å². The second-order valence-electron chi connectivity index (χ2n) is 4.58. The highest BCUT2D eigenvalue weighted by Gasteiger charge is 2.32. The molecule has 0 bridgehead atoms. The number of hydrogen-bond donors (Lipinski definition) is 1. The molecule has 0 saturated heterocycles. The number of nitrogens with zero attached hydrogens (tertiary/aromatic N) is 2. The van der Waals surface area contributed by atoms with Crippen LogP contribution in [0.1, 0.15) is 12.5 Å². The number of anilines is 1. The molecule has 5 nitrogen and oxygen atoms in total. The number of para-hydroxylation sites is 1. The van der Waals surface area contributed by atoms with E-state index < -0.39 is 5.97 Å². The van der Waals surface area contributed by atoms with E-state index in [1.54, 1.807) is 4.90 Å². The molecule has 0 aliphatic carbocycles. The zero-order valence-electron chi connectivity index (χ0n) is 10.5. The maximum Gasteiger partial charge on any atom is 0.325 e. The standard InChI is InChI=1S/C13H16N2O3/c1-9-7-10-5-3-4-6-11(10)15(9)13(18)14(2)8-12(16)17/h3-6,9H,7-8H2,1-2H3,(H,16,17). The molecule has 0 spiro atoms. The van der Waals surface area contributed by atoms with Crippen LogP contribution in [0.25, 0.3) is 0 Å². The molecule has 18 heavy (non-hydrogen) atoms. The topological polar surface area (TPSA) is 60.9 Å². The van der Waals surface area contributed by atoms with Crippen molar-refractivity contribution in [1.82, 2.24) is 4.90 Å². The van der Waals surface area contributed by atoms with Gasteiger partial charge >= 0.3 is 12.0 Å². The summed E-state index contributed by atoms with van der Waals surface area (Å²) in [5, 5.41) is 8.72. The van der Waals surface area contributed by atoms with Gasteiger partial charge < -0.3 is 10.0 Å². The van der Waals surface area contributed by atoms with Crippen molar-refractivity contribution in [2.75, 3.05) is 18.5 Å². The number of benzene rings is 1. The minimum Gasteiger partial charge on any atom is -0.480 e. The first kappa shape index (κ1) is 12.4. The molecule has 0 radical (unpaired) electrons. The number of carbonyl (C=O) groups is 2. The second kappa shape index (κ2) is 4.68. The summed E-state index contributed by atoms with van der Waals surface area (Å²) in [6.45, 7) is 1.68. The maximum absolute atomic E-state index is 12.2. The van der Waals surface area contributed by atoms with Crippen molar-refractivity contribution in [1.29, 1.82) is 0 Å². The van der Waals surface area contributed by atoms with E-state index in [-0.39, 0.29) is 18.6 Å². The van der Waals surface area contributed by atoms with Crippen LogP contribution < -0.4 is 4.90 Å². The van der Waals surface area contributed by atoms with Crippen LogP contribution in [-0.4, -0.2) is 41.6 Å². The van der Waals surface area contributed by atoms with Crippen molar-refractivity contribution in [2.45, 2.75) is 19.4 Å². The summed E-state index contributed by atoms with van der Waals surface area (Å²) in [6, 6.07) is 7.51. The van der Waals surface area contributed by atoms with Crippen molar-refractivity contribution in [2.24, 2.45) is 0 Å². The van der Waals surface area contributed by atoms with Crippen LogP contribution in [0.4, 0.5) is 10.5 Å². The Hall–Kier alpha value is -2.04. The molecule has 1 aromatic carbocycles. The summed E-state index contributed by atoms with van der Waals surface area (Å²) < 4.78 is 0. The van der Waals surface area contributed by atoms with E-state index >= 15 is 0 Å². The molecule has 0 aromatic heterocycles. The van der Waals surface area contributed by atoms with Gasteiger partial charge in [0.15, 0.2) is 0 Å². The minimum atomic E-state index is -1.01. The van der Waals surface area contributed by atoms with Crippen molar-refractivity contribution in [3.05, 3.63) is 29.8 Å². The molecule has 1 aromatic rings. The highest BCUT2D eigenvalue weighted by Crippen LogP contribution is 2.32. The number of carbonyl (C=O) groups excluding carboxylic acids is 1. The molecule has 1 unspecified atom stereocenters. The molecule has 1 aliphatic heterocycles. The van der Waals surface area contributed by atoms with Crippen LogP contribution in [0, 0.1) is 0 Å². The Morgan fingerprint density at radius 2 is 2.11 bits per heavy atom. The van der Waals surface area contributed by atoms with Gasteiger partial charge in [-0.05, 0) is 25.0 Å². The number of carboxylic acid groups (broad SMARTS) is 1. The largest absolute Gasteiger partial charge is 0.480 e. The molecular weight excluding hydrogens is 232 g/mol. The summed E-state index contributed by atoms with van der Waals surface area (Å²) in [4.78, 5) is 25.8. The average Bonchev–Trinajstić information content (AvgIpc) is 2.63. The number of aliphatic carboxylic acids is 1. The monoisotopic (exact) mass is 248 g/mol. The van der Waals surface area contributed by atoms with Gasteiger partial charge in [0.25, 0.3) is 0 Å². The van der Waals surface area contributed by atoms with Crippen LogP contribution in [0.2, 0.25) is 0 Å². The lowest BCUT2D eigenvalue weighted by molar-refractivity contribution is -0.137. The van der Waals surface area contributed by atoms with Crippen LogP contribution in [0.15, 0.2) is 24.3 Å². The van der Waals surface area contributed by atoms with Crippen molar-refractivity contribution < 1.29 is 14.7 Å². The number of likely N-dealkylation sites (N-methyl/N-ethyl adjacent to an activating group) is 1. The third kappa shape index (κ3) is 2.16. The van der Waals surface area contributed by atoms with E-state index in [4.69, 9.17) is 5.11 Å². The predicted molar refractivity (Wildman–Crippen MR) is 67.7 cm³/mol. The predicted octanol–water partition coefficient (Wildman–Crippen LogP) is 1.57. The molecule has 0 saturated carbocycles. The Bertz CT molecular complexity index is 487. The minimum absolute atomic E-state index is 0.0612. The lowest BCUT2D eigenvalue weighted by Crippen LogP contribution is -2.45. The number of fused-ring (bicyclic) bond motifs is 1. The molecule has 0 fully saturated rings. The highest BCUT2D eigenvalue weighted by molar-refractivity contribution is 5.96. The van der Waals surface area contributed by atoms with Crippen LogP contribution in [0.5, 0.6) is 0 Å². The molecule has 1 N–H and O–H groups in total. The normalized spacial score (nSPS) is 17.4. The van der Waals surface area contributed by atoms with E-state index in [2.05, 4.69) is 0 Å². The molecule has 2 amide bonds. The summed E-state index contributed by atoms with van der Waals surface area (Å²) in [5.74, 6) is -1.01. The SMILES string of the molecule is CC1Cc2ccccc2N1C(=O)N(C)CC(=O)O. The van der Waals surface area contributed by atoms with Crippen molar-refractivity contribution in [3.63, 3.8) is 0 Å². The van der Waals surface area contributed by atoms with Gasteiger partial charge in [0.05, 0.1) is 0 Å². The van der Waals surface area contributed by atoms with E-state index in [9.17, 15) is 9.59 Å². The number of carboxylic acids is 1. The fourth-order valence-corrected chi connectivity index (χ4v) is 2.31. The van der Waals surface area contributed by atoms with Gasteiger partial charge in [0.2, 0.25) is 0 Å². The first-order chi connectivity index (χ1) is 8.50. The Labute approximate surface area is 106 Å². The summed E-state index contributed by atoms with van der Waals surface area (Å²) in [5.41, 5.74) is 2.01. The van der Waals surface area contributed by atoms with E-state index in [1.807, 2.05) is 31.2 Å². The molecule has 2 rings (SSSR count). The maximum atomic E-state index is 12.2. The van der Waals surface area contributed by atoms with Gasteiger partial charge in [0, 0.05) is 18.8 Å². The smallest absolute Gasteiger partial charge is 0.325 e. The Kier molecular flexibility index (Phi) is 3.23. The van der Waals surface area contributed by atoms with Gasteiger partial charge in [0.1, 0.15) is 6.54 Å². The van der Waals surface area contributed by atoms with Gasteiger partial charge in [-0.3, -0.25) is 9.69 Å². The van der Waals surface area contributed by atoms with Crippen LogP contribution in [0.3, 0.4) is 0 Å². The molecule has 1 aliphatic rings. The molecule has 1 heterocycles. The average molecular weight is 248 g/mol. The Morgan fingerprint density at radius 3 is 2.78 bits per heavy atom. The third-order valence-corrected chi connectivity index (χ3v) is 3.11. The highest BCUT2D eigenvalue weighted by atomic mass is 16.4. The third-order valence-electron chi connectivity index (χ3n) is 3.11. The van der Waals surface area contributed by atoms with Gasteiger partial charge in [-0.25, -0.2) is 4.79 Å². The number of rotatable bonds is 2. The number of hydrogen-bond acceptors (Lipinski definition) is 2. The fraction of sp³-hybridized carbons (Fsp3) is 0.385. The summed E-state index contributed by atoms with van der Waals surface area (Å²) in [7, 11) is 1.50. The molecule has 96 valence electrons. The Morgan fingerprint density at radius 1 is 1.44 bits per heavy atom. The van der Waals surface area contributed by atoms with Gasteiger partial charge in [-0.15, -0.1) is 0 Å². The fourth-order valence-electron chi connectivity index (χ4n) is 2.31. The van der Waals surface area contributed by atoms with Crippen molar-refractivity contribution in [3.8, 4) is 0 Å². The lowest BCUT2D eigenvalue weighted by Gasteiger charge is -2.27. The van der Waals surface area contributed by atoms with Gasteiger partial charge in [-0.1, -0.05) is 18.2 Å². The zero-order chi connectivity index (χ0) is 13.3. The van der Waals surface area contributed by atoms with Crippen LogP contribution in [-0.2, 0) is 11.2 Å². The molecular formula is C13H16N2O3. The summed E-state index contributed by atoms with van der Waals surface area (Å²) >= 11 is 0.